The van der Waals surface area contributed by atoms with E-state index >= 15 is 0 Å². The Balaban J connectivity index is 0.00000116. The minimum atomic E-state index is -0.840. The van der Waals surface area contributed by atoms with E-state index in [1.165, 1.54) is 30.6 Å². The number of fused-ring (bicyclic) bond motifs is 1. The molecule has 0 aliphatic rings. The summed E-state index contributed by atoms with van der Waals surface area (Å²) < 4.78 is 25.7. The molecule has 0 atom stereocenters. The second kappa shape index (κ2) is 14.6. The highest BCUT2D eigenvalue weighted by atomic mass is 35.5. The first-order valence-corrected chi connectivity index (χ1v) is 13.6. The SMILES string of the molecule is CC.CC.COc1ccc(-c2c[nH]c3ccnc(Nc4ccc(Oc5ccnc(C(N)=O)c5Cl)c(F)c4)c3c2=O)cc1. The summed E-state index contributed by atoms with van der Waals surface area (Å²) in [4.78, 5) is 36.1. The molecule has 0 fully saturated rings. The van der Waals surface area contributed by atoms with Crippen molar-refractivity contribution in [1.29, 1.82) is 0 Å². The molecule has 1 amide bonds. The number of amides is 1. The third-order valence-corrected chi connectivity index (χ3v) is 6.06. The number of methoxy groups -OCH3 is 1. The van der Waals surface area contributed by atoms with Gasteiger partial charge in [0.15, 0.2) is 11.6 Å². The Morgan fingerprint density at radius 1 is 0.976 bits per heavy atom. The number of primary amides is 1. The van der Waals surface area contributed by atoms with Crippen LogP contribution in [0, 0.1) is 5.82 Å². The Morgan fingerprint density at radius 2 is 1.67 bits per heavy atom. The third kappa shape index (κ3) is 6.84. The van der Waals surface area contributed by atoms with E-state index in [1.54, 1.807) is 49.7 Å². The summed E-state index contributed by atoms with van der Waals surface area (Å²) in [5, 5.41) is 3.19. The highest BCUT2D eigenvalue weighted by Gasteiger charge is 2.17. The van der Waals surface area contributed by atoms with Gasteiger partial charge < -0.3 is 25.5 Å². The predicted molar refractivity (Wildman–Crippen MR) is 165 cm³/mol. The number of H-pyrrole nitrogens is 1. The van der Waals surface area contributed by atoms with Crippen LogP contribution in [0.2, 0.25) is 5.02 Å². The van der Waals surface area contributed by atoms with Crippen molar-refractivity contribution in [2.75, 3.05) is 12.4 Å². The second-order valence-electron chi connectivity index (χ2n) is 8.05. The maximum Gasteiger partial charge on any atom is 0.268 e. The molecular formula is C31H31ClFN5O4. The van der Waals surface area contributed by atoms with Crippen LogP contribution in [0.4, 0.5) is 15.9 Å². The van der Waals surface area contributed by atoms with Crippen molar-refractivity contribution in [3.05, 3.63) is 99.9 Å². The quantitative estimate of drug-likeness (QED) is 0.179. The van der Waals surface area contributed by atoms with Crippen LogP contribution in [-0.2, 0) is 0 Å². The number of anilines is 2. The first-order chi connectivity index (χ1) is 20.4. The van der Waals surface area contributed by atoms with Gasteiger partial charge in [-0.25, -0.2) is 14.4 Å². The number of ether oxygens (including phenoxy) is 2. The lowest BCUT2D eigenvalue weighted by Crippen LogP contribution is -2.13. The fraction of sp³-hybridized carbons (Fsp3) is 0.161. The molecule has 11 heteroatoms. The number of aromatic amines is 1. The van der Waals surface area contributed by atoms with Crippen molar-refractivity contribution in [2.45, 2.75) is 27.7 Å². The molecule has 0 bridgehead atoms. The minimum absolute atomic E-state index is 0.0170. The predicted octanol–water partition coefficient (Wildman–Crippen LogP) is 7.47. The summed E-state index contributed by atoms with van der Waals surface area (Å²) in [5.74, 6) is -0.780. The van der Waals surface area contributed by atoms with Crippen LogP contribution in [0.25, 0.3) is 22.0 Å². The average molecular weight is 592 g/mol. The molecule has 3 aromatic heterocycles. The Labute approximate surface area is 247 Å². The van der Waals surface area contributed by atoms with E-state index in [1.807, 2.05) is 27.7 Å². The van der Waals surface area contributed by atoms with Crippen LogP contribution in [0.3, 0.4) is 0 Å². The van der Waals surface area contributed by atoms with E-state index in [9.17, 15) is 14.0 Å². The van der Waals surface area contributed by atoms with Gasteiger partial charge in [-0.3, -0.25) is 9.59 Å². The minimum Gasteiger partial charge on any atom is -0.497 e. The number of hydrogen-bond acceptors (Lipinski definition) is 7. The maximum absolute atomic E-state index is 15.0. The van der Waals surface area contributed by atoms with Gasteiger partial charge in [-0.05, 0) is 35.9 Å². The van der Waals surface area contributed by atoms with E-state index in [-0.39, 0.29) is 33.5 Å². The normalized spacial score (nSPS) is 10.1. The fourth-order valence-corrected chi connectivity index (χ4v) is 4.08. The molecule has 5 aromatic rings. The molecule has 218 valence electrons. The molecule has 0 radical (unpaired) electrons. The van der Waals surface area contributed by atoms with Gasteiger partial charge in [-0.2, -0.15) is 0 Å². The monoisotopic (exact) mass is 591 g/mol. The molecule has 0 spiro atoms. The van der Waals surface area contributed by atoms with E-state index in [0.29, 0.717) is 33.5 Å². The summed E-state index contributed by atoms with van der Waals surface area (Å²) in [5.41, 5.74) is 6.82. The number of pyridine rings is 3. The lowest BCUT2D eigenvalue weighted by molar-refractivity contribution is 0.0995. The van der Waals surface area contributed by atoms with Crippen molar-refractivity contribution >= 4 is 39.9 Å². The molecule has 3 heterocycles. The average Bonchev–Trinajstić information content (AvgIpc) is 3.01. The molecule has 0 unspecified atom stereocenters. The number of rotatable bonds is 7. The van der Waals surface area contributed by atoms with Crippen LogP contribution in [0.5, 0.6) is 17.2 Å². The molecule has 2 aromatic carbocycles. The molecule has 0 aliphatic carbocycles. The van der Waals surface area contributed by atoms with Crippen molar-refractivity contribution in [3.63, 3.8) is 0 Å². The summed E-state index contributed by atoms with van der Waals surface area (Å²) in [7, 11) is 1.57. The number of halogens is 2. The Hall–Kier alpha value is -4.96. The number of nitrogens with one attached hydrogen (secondary N) is 2. The highest BCUT2D eigenvalue weighted by molar-refractivity contribution is 6.34. The lowest BCUT2D eigenvalue weighted by Gasteiger charge is -2.12. The summed E-state index contributed by atoms with van der Waals surface area (Å²) >= 11 is 6.12. The standard InChI is InChI=1S/C27H19ClFN5O4.2C2H6/c1-37-16-5-2-14(3-6-16)17-13-33-19-8-10-32-27(22(19)25(17)35)34-15-4-7-20(18(29)12-15)38-21-9-11-31-24(23(21)28)26(30)36;2*1-2/h2-13H,1H3,(H2,30,36)(H,32,34)(H,33,35);2*1-2H3. The van der Waals surface area contributed by atoms with Crippen LogP contribution in [0.15, 0.2) is 78.0 Å². The Kier molecular flexibility index (Phi) is 11.0. The number of hydrogen-bond donors (Lipinski definition) is 3. The smallest absolute Gasteiger partial charge is 0.268 e. The molecule has 0 saturated heterocycles. The largest absolute Gasteiger partial charge is 0.497 e. The lowest BCUT2D eigenvalue weighted by atomic mass is 10.0. The number of benzene rings is 2. The molecule has 5 rings (SSSR count). The summed E-state index contributed by atoms with van der Waals surface area (Å²) in [6, 6.07) is 14.3. The van der Waals surface area contributed by atoms with Gasteiger partial charge in [-0.15, -0.1) is 0 Å². The van der Waals surface area contributed by atoms with Crippen LogP contribution in [0.1, 0.15) is 38.2 Å². The first kappa shape index (κ1) is 31.6. The fourth-order valence-electron chi connectivity index (χ4n) is 3.84. The first-order valence-electron chi connectivity index (χ1n) is 13.2. The van der Waals surface area contributed by atoms with Crippen LogP contribution >= 0.6 is 11.6 Å². The van der Waals surface area contributed by atoms with Crippen molar-refractivity contribution < 1.29 is 18.7 Å². The van der Waals surface area contributed by atoms with E-state index < -0.39 is 11.7 Å². The summed E-state index contributed by atoms with van der Waals surface area (Å²) in [6.45, 7) is 8.00. The second-order valence-corrected chi connectivity index (χ2v) is 8.43. The zero-order chi connectivity index (χ0) is 30.8. The van der Waals surface area contributed by atoms with Gasteiger partial charge in [0.2, 0.25) is 5.43 Å². The molecule has 9 nitrogen and oxygen atoms in total. The zero-order valence-corrected chi connectivity index (χ0v) is 24.5. The van der Waals surface area contributed by atoms with Gasteiger partial charge >= 0.3 is 0 Å². The summed E-state index contributed by atoms with van der Waals surface area (Å²) in [6.07, 6.45) is 4.44. The molecule has 42 heavy (non-hydrogen) atoms. The van der Waals surface area contributed by atoms with Gasteiger partial charge in [0.1, 0.15) is 28.0 Å². The van der Waals surface area contributed by atoms with E-state index in [2.05, 4.69) is 20.3 Å². The van der Waals surface area contributed by atoms with E-state index in [4.69, 9.17) is 26.8 Å². The molecule has 0 aliphatic heterocycles. The van der Waals surface area contributed by atoms with Gasteiger partial charge in [0.05, 0.1) is 18.0 Å². The van der Waals surface area contributed by atoms with Crippen molar-refractivity contribution in [3.8, 4) is 28.4 Å². The highest BCUT2D eigenvalue weighted by Crippen LogP contribution is 2.34. The van der Waals surface area contributed by atoms with Crippen molar-refractivity contribution in [1.82, 2.24) is 15.0 Å². The Morgan fingerprint density at radius 3 is 2.31 bits per heavy atom. The number of carbonyl (C=O) groups excluding carboxylic acids is 1. The molecule has 4 N–H and O–H groups in total. The zero-order valence-electron chi connectivity index (χ0n) is 23.8. The van der Waals surface area contributed by atoms with E-state index in [0.717, 1.165) is 0 Å². The van der Waals surface area contributed by atoms with Crippen LogP contribution in [-0.4, -0.2) is 28.0 Å². The molecular weight excluding hydrogens is 561 g/mol. The number of nitrogens with zero attached hydrogens (tertiary/aromatic N) is 2. The number of carbonyl (C=O) groups is 1. The molecule has 0 saturated carbocycles. The van der Waals surface area contributed by atoms with Gasteiger partial charge in [0, 0.05) is 42.0 Å². The Bertz CT molecular complexity index is 1740. The van der Waals surface area contributed by atoms with Crippen molar-refractivity contribution in [2.24, 2.45) is 5.73 Å². The number of nitrogens with two attached hydrogens (primary N) is 1. The van der Waals surface area contributed by atoms with Gasteiger partial charge in [-0.1, -0.05) is 51.4 Å². The maximum atomic E-state index is 15.0. The third-order valence-electron chi connectivity index (χ3n) is 5.70. The van der Waals surface area contributed by atoms with Gasteiger partial charge in [0.25, 0.3) is 5.91 Å². The van der Waals surface area contributed by atoms with Crippen LogP contribution < -0.4 is 26.0 Å². The number of aromatic nitrogens is 3. The topological polar surface area (TPSA) is 132 Å².